The van der Waals surface area contributed by atoms with Crippen LogP contribution in [0.3, 0.4) is 0 Å². The number of furan rings is 1. The van der Waals surface area contributed by atoms with Crippen LogP contribution in [-0.4, -0.2) is 39.1 Å². The molecule has 0 spiro atoms. The van der Waals surface area contributed by atoms with Crippen LogP contribution in [0.5, 0.6) is 0 Å². The number of halogens is 4. The highest BCUT2D eigenvalue weighted by Gasteiger charge is 2.37. The number of imidazole rings is 1. The third kappa shape index (κ3) is 4.32. The SMILES string of the molecule is O=C(c1ccccc1)C1CCN(C(=O)c2nc3c(C(F)(F)F)cc(-c4ccoc4)cn3c2Cl)CC1. The molecule has 0 atom stereocenters. The van der Waals surface area contributed by atoms with Crippen molar-refractivity contribution in [3.63, 3.8) is 0 Å². The molecule has 1 amide bonds. The fraction of sp³-hybridized carbons (Fsp3) is 0.240. The van der Waals surface area contributed by atoms with E-state index in [-0.39, 0.29) is 41.2 Å². The zero-order valence-corrected chi connectivity index (χ0v) is 19.0. The largest absolute Gasteiger partial charge is 0.472 e. The summed E-state index contributed by atoms with van der Waals surface area (Å²) >= 11 is 6.39. The summed E-state index contributed by atoms with van der Waals surface area (Å²) in [6, 6.07) is 11.4. The molecular formula is C25H19ClF3N3O3. The van der Waals surface area contributed by atoms with Crippen LogP contribution in [0.25, 0.3) is 16.8 Å². The molecule has 0 unspecified atom stereocenters. The first-order valence-corrected chi connectivity index (χ1v) is 11.3. The van der Waals surface area contributed by atoms with Crippen molar-refractivity contribution in [2.24, 2.45) is 5.92 Å². The summed E-state index contributed by atoms with van der Waals surface area (Å²) in [6.07, 6.45) is 0.243. The third-order valence-electron chi connectivity index (χ3n) is 6.24. The van der Waals surface area contributed by atoms with Gasteiger partial charge in [-0.05, 0) is 25.0 Å². The smallest absolute Gasteiger partial charge is 0.420 e. The van der Waals surface area contributed by atoms with Gasteiger partial charge in [0.2, 0.25) is 0 Å². The van der Waals surface area contributed by atoms with Crippen LogP contribution in [0.1, 0.15) is 39.3 Å². The Kier molecular flexibility index (Phi) is 5.88. The number of aromatic nitrogens is 2. The maximum absolute atomic E-state index is 13.8. The molecular weight excluding hydrogens is 483 g/mol. The van der Waals surface area contributed by atoms with Crippen LogP contribution in [0.4, 0.5) is 13.2 Å². The zero-order chi connectivity index (χ0) is 24.7. The standard InChI is InChI=1S/C25H19ClF3N3O3/c26-22-20(24(34)31-9-6-16(7-10-31)21(33)15-4-2-1-3-5-15)30-23-19(25(27,28)29)12-18(13-32(22)23)17-8-11-35-14-17/h1-5,8,11-14,16H,6-7,9-10H2. The second-order valence-corrected chi connectivity index (χ2v) is 8.75. The minimum atomic E-state index is -4.72. The number of carbonyl (C=O) groups excluding carboxylic acids is 2. The van der Waals surface area contributed by atoms with E-state index < -0.39 is 23.3 Å². The number of benzene rings is 1. The molecule has 1 aromatic carbocycles. The number of ketones is 1. The Hall–Kier alpha value is -3.59. The van der Waals surface area contributed by atoms with Crippen LogP contribution >= 0.6 is 11.6 Å². The number of hydrogen-bond acceptors (Lipinski definition) is 4. The van der Waals surface area contributed by atoms with Gasteiger partial charge < -0.3 is 9.32 Å². The third-order valence-corrected chi connectivity index (χ3v) is 6.60. The van der Waals surface area contributed by atoms with Crippen molar-refractivity contribution in [3.8, 4) is 11.1 Å². The van der Waals surface area contributed by atoms with Crippen molar-refractivity contribution in [3.05, 3.63) is 83.2 Å². The van der Waals surface area contributed by atoms with E-state index in [1.165, 1.54) is 29.7 Å². The lowest BCUT2D eigenvalue weighted by Gasteiger charge is -2.31. The van der Waals surface area contributed by atoms with Crippen LogP contribution in [0, 0.1) is 5.92 Å². The van der Waals surface area contributed by atoms with Gasteiger partial charge in [0.05, 0.1) is 18.1 Å². The van der Waals surface area contributed by atoms with Gasteiger partial charge in [-0.25, -0.2) is 4.98 Å². The highest BCUT2D eigenvalue weighted by Crippen LogP contribution is 2.37. The maximum atomic E-state index is 13.8. The molecule has 0 N–H and O–H groups in total. The van der Waals surface area contributed by atoms with Crippen LogP contribution in [-0.2, 0) is 6.18 Å². The Bertz CT molecular complexity index is 1390. The lowest BCUT2D eigenvalue weighted by molar-refractivity contribution is -0.136. The number of amides is 1. The van der Waals surface area contributed by atoms with Crippen molar-refractivity contribution < 1.29 is 27.2 Å². The summed E-state index contributed by atoms with van der Waals surface area (Å²) in [5, 5.41) is -0.205. The van der Waals surface area contributed by atoms with Crippen molar-refractivity contribution in [1.82, 2.24) is 14.3 Å². The van der Waals surface area contributed by atoms with E-state index >= 15 is 0 Å². The van der Waals surface area contributed by atoms with Gasteiger partial charge in [0.25, 0.3) is 5.91 Å². The number of rotatable bonds is 4. The molecule has 10 heteroatoms. The summed E-state index contributed by atoms with van der Waals surface area (Å²) in [5.74, 6) is -0.778. The van der Waals surface area contributed by atoms with E-state index in [2.05, 4.69) is 4.98 Å². The summed E-state index contributed by atoms with van der Waals surface area (Å²) in [7, 11) is 0. The molecule has 35 heavy (non-hydrogen) atoms. The Balaban J connectivity index is 1.43. The predicted molar refractivity (Wildman–Crippen MR) is 122 cm³/mol. The van der Waals surface area contributed by atoms with Gasteiger partial charge in [-0.15, -0.1) is 0 Å². The van der Waals surface area contributed by atoms with Crippen molar-refractivity contribution in [1.29, 1.82) is 0 Å². The Morgan fingerprint density at radius 3 is 2.40 bits per heavy atom. The number of pyridine rings is 1. The number of hydrogen-bond donors (Lipinski definition) is 0. The molecule has 1 aliphatic heterocycles. The van der Waals surface area contributed by atoms with E-state index in [1.807, 2.05) is 6.07 Å². The number of fused-ring (bicyclic) bond motifs is 1. The van der Waals surface area contributed by atoms with Gasteiger partial charge >= 0.3 is 6.18 Å². The average Bonchev–Trinajstić information content (AvgIpc) is 3.51. The first kappa shape index (κ1) is 23.2. The van der Waals surface area contributed by atoms with E-state index in [4.69, 9.17) is 16.0 Å². The van der Waals surface area contributed by atoms with Gasteiger partial charge in [0.1, 0.15) is 5.15 Å². The molecule has 3 aromatic heterocycles. The van der Waals surface area contributed by atoms with Gasteiger partial charge in [-0.2, -0.15) is 13.2 Å². The second-order valence-electron chi connectivity index (χ2n) is 8.39. The van der Waals surface area contributed by atoms with Crippen molar-refractivity contribution in [2.45, 2.75) is 19.0 Å². The molecule has 0 radical (unpaired) electrons. The maximum Gasteiger partial charge on any atom is 0.420 e. The number of alkyl halides is 3. The molecule has 1 aliphatic rings. The molecule has 180 valence electrons. The lowest BCUT2D eigenvalue weighted by Crippen LogP contribution is -2.40. The molecule has 4 heterocycles. The molecule has 0 bridgehead atoms. The quantitative estimate of drug-likeness (QED) is 0.322. The fourth-order valence-electron chi connectivity index (χ4n) is 4.38. The Labute approximate surface area is 202 Å². The zero-order valence-electron chi connectivity index (χ0n) is 18.3. The molecule has 1 fully saturated rings. The average molecular weight is 502 g/mol. The number of likely N-dealkylation sites (tertiary alicyclic amines) is 1. The number of nitrogens with zero attached hydrogens (tertiary/aromatic N) is 3. The van der Waals surface area contributed by atoms with Gasteiger partial charge in [-0.1, -0.05) is 41.9 Å². The molecule has 1 saturated heterocycles. The van der Waals surface area contributed by atoms with E-state index in [1.54, 1.807) is 24.3 Å². The summed E-state index contributed by atoms with van der Waals surface area (Å²) in [6.45, 7) is 0.553. The molecule has 0 saturated carbocycles. The first-order valence-electron chi connectivity index (χ1n) is 10.9. The van der Waals surface area contributed by atoms with Gasteiger partial charge in [0, 0.05) is 41.9 Å². The number of Topliss-reactive ketones (excluding diaryl/α,β-unsaturated/α-hetero) is 1. The van der Waals surface area contributed by atoms with E-state index in [0.29, 0.717) is 24.0 Å². The Morgan fingerprint density at radius 1 is 1.06 bits per heavy atom. The van der Waals surface area contributed by atoms with Gasteiger partial charge in [-0.3, -0.25) is 14.0 Å². The topological polar surface area (TPSA) is 67.8 Å². The predicted octanol–water partition coefficient (Wildman–Crippen LogP) is 6.00. The molecule has 6 nitrogen and oxygen atoms in total. The molecule has 5 rings (SSSR count). The first-order chi connectivity index (χ1) is 16.7. The second kappa shape index (κ2) is 8.88. The summed E-state index contributed by atoms with van der Waals surface area (Å²) in [5.41, 5.74) is -0.447. The minimum absolute atomic E-state index is 0.0186. The molecule has 4 aromatic rings. The Morgan fingerprint density at radius 2 is 1.77 bits per heavy atom. The van der Waals surface area contributed by atoms with Crippen molar-refractivity contribution >= 4 is 28.9 Å². The normalized spacial score (nSPS) is 15.0. The fourth-order valence-corrected chi connectivity index (χ4v) is 4.63. The number of carbonyl (C=O) groups is 2. The number of piperidine rings is 1. The summed E-state index contributed by atoms with van der Waals surface area (Å²) in [4.78, 5) is 31.4. The van der Waals surface area contributed by atoms with Crippen molar-refractivity contribution in [2.75, 3.05) is 13.1 Å². The van der Waals surface area contributed by atoms with Gasteiger partial charge in [0.15, 0.2) is 17.1 Å². The highest BCUT2D eigenvalue weighted by molar-refractivity contribution is 6.33. The van der Waals surface area contributed by atoms with E-state index in [9.17, 15) is 22.8 Å². The summed E-state index contributed by atoms with van der Waals surface area (Å²) < 4.78 is 47.6. The lowest BCUT2D eigenvalue weighted by atomic mass is 9.89. The van der Waals surface area contributed by atoms with E-state index in [0.717, 1.165) is 10.5 Å². The van der Waals surface area contributed by atoms with Crippen LogP contribution in [0.15, 0.2) is 65.6 Å². The van der Waals surface area contributed by atoms with Crippen LogP contribution in [0.2, 0.25) is 5.15 Å². The highest BCUT2D eigenvalue weighted by atomic mass is 35.5. The van der Waals surface area contributed by atoms with Crippen LogP contribution < -0.4 is 0 Å². The molecule has 0 aliphatic carbocycles. The minimum Gasteiger partial charge on any atom is -0.472 e. The monoisotopic (exact) mass is 501 g/mol.